The Bertz CT molecular complexity index is 876. The van der Waals surface area contributed by atoms with Gasteiger partial charge in [-0.3, -0.25) is 4.79 Å². The summed E-state index contributed by atoms with van der Waals surface area (Å²) in [5.41, 5.74) is 1.38. The zero-order chi connectivity index (χ0) is 17.8. The Labute approximate surface area is 147 Å². The molecule has 2 aromatic carbocycles. The van der Waals surface area contributed by atoms with Crippen molar-refractivity contribution in [2.75, 3.05) is 11.1 Å². The fourth-order valence-electron chi connectivity index (χ4n) is 2.23. The topological polar surface area (TPSA) is 46.9 Å². The second-order valence-corrected chi connectivity index (χ2v) is 6.40. The third-order valence-electron chi connectivity index (χ3n) is 3.35. The van der Waals surface area contributed by atoms with Crippen molar-refractivity contribution in [1.29, 1.82) is 0 Å². The molecule has 1 amide bonds. The van der Waals surface area contributed by atoms with E-state index in [9.17, 15) is 13.6 Å². The standard InChI is InChI=1S/C18H15F2N3OS/c1-12-10-17(23(22-12)15-6-2-13(19)3-7-15)21-18(24)11-25-16-8-4-14(20)5-9-16/h2-10H,11H2,1H3,(H,21,24). The van der Waals surface area contributed by atoms with Crippen molar-refractivity contribution >= 4 is 23.5 Å². The molecule has 25 heavy (non-hydrogen) atoms. The molecule has 0 aliphatic rings. The predicted molar refractivity (Wildman–Crippen MR) is 94.0 cm³/mol. The number of carbonyl (C=O) groups excluding carboxylic acids is 1. The van der Waals surface area contributed by atoms with Gasteiger partial charge < -0.3 is 5.32 Å². The van der Waals surface area contributed by atoms with E-state index in [0.29, 0.717) is 11.5 Å². The van der Waals surface area contributed by atoms with Gasteiger partial charge in [0.2, 0.25) is 5.91 Å². The number of amides is 1. The largest absolute Gasteiger partial charge is 0.310 e. The van der Waals surface area contributed by atoms with Gasteiger partial charge in [-0.15, -0.1) is 11.8 Å². The van der Waals surface area contributed by atoms with Crippen LogP contribution < -0.4 is 5.32 Å². The van der Waals surface area contributed by atoms with Crippen LogP contribution in [0.3, 0.4) is 0 Å². The highest BCUT2D eigenvalue weighted by atomic mass is 32.2. The van der Waals surface area contributed by atoms with Crippen molar-refractivity contribution in [2.24, 2.45) is 0 Å². The molecule has 1 heterocycles. The minimum atomic E-state index is -0.339. The summed E-state index contributed by atoms with van der Waals surface area (Å²) >= 11 is 1.31. The van der Waals surface area contributed by atoms with E-state index in [1.165, 1.54) is 36.0 Å². The lowest BCUT2D eigenvalue weighted by Crippen LogP contribution is -2.16. The second-order valence-electron chi connectivity index (χ2n) is 5.35. The lowest BCUT2D eigenvalue weighted by atomic mass is 10.3. The first-order chi connectivity index (χ1) is 12.0. The normalized spacial score (nSPS) is 10.7. The van der Waals surface area contributed by atoms with Crippen LogP contribution in [0.1, 0.15) is 5.69 Å². The Morgan fingerprint density at radius 1 is 1.08 bits per heavy atom. The maximum absolute atomic E-state index is 13.1. The van der Waals surface area contributed by atoms with Crippen LogP contribution >= 0.6 is 11.8 Å². The molecule has 7 heteroatoms. The van der Waals surface area contributed by atoms with E-state index in [4.69, 9.17) is 0 Å². The molecule has 4 nitrogen and oxygen atoms in total. The first-order valence-electron chi connectivity index (χ1n) is 7.52. The molecule has 3 rings (SSSR count). The van der Waals surface area contributed by atoms with Crippen LogP contribution in [-0.4, -0.2) is 21.4 Å². The Morgan fingerprint density at radius 2 is 1.68 bits per heavy atom. The summed E-state index contributed by atoms with van der Waals surface area (Å²) < 4.78 is 27.5. The minimum Gasteiger partial charge on any atom is -0.310 e. The van der Waals surface area contributed by atoms with E-state index in [-0.39, 0.29) is 23.3 Å². The molecular formula is C18H15F2N3OS. The van der Waals surface area contributed by atoms with Crippen LogP contribution in [-0.2, 0) is 4.79 Å². The molecule has 128 valence electrons. The van der Waals surface area contributed by atoms with Gasteiger partial charge in [0, 0.05) is 11.0 Å². The number of carbonyl (C=O) groups is 1. The SMILES string of the molecule is Cc1cc(NC(=O)CSc2ccc(F)cc2)n(-c2ccc(F)cc2)n1. The van der Waals surface area contributed by atoms with Gasteiger partial charge in [-0.1, -0.05) is 0 Å². The molecule has 3 aromatic rings. The quantitative estimate of drug-likeness (QED) is 0.695. The van der Waals surface area contributed by atoms with Crippen LogP contribution in [0.2, 0.25) is 0 Å². The van der Waals surface area contributed by atoms with E-state index in [1.54, 1.807) is 35.0 Å². The summed E-state index contributed by atoms with van der Waals surface area (Å²) in [6.07, 6.45) is 0. The number of rotatable bonds is 5. The molecule has 0 aliphatic heterocycles. The highest BCUT2D eigenvalue weighted by molar-refractivity contribution is 8.00. The van der Waals surface area contributed by atoms with Gasteiger partial charge in [0.05, 0.1) is 17.1 Å². The Kier molecular flexibility index (Phi) is 5.14. The van der Waals surface area contributed by atoms with Crippen LogP contribution in [0, 0.1) is 18.6 Å². The van der Waals surface area contributed by atoms with Crippen molar-refractivity contribution in [1.82, 2.24) is 9.78 Å². The molecule has 0 saturated heterocycles. The average Bonchev–Trinajstić information content (AvgIpc) is 2.95. The molecule has 1 aromatic heterocycles. The van der Waals surface area contributed by atoms with Gasteiger partial charge in [-0.05, 0) is 55.5 Å². The predicted octanol–water partition coefficient (Wildman–Crippen LogP) is 4.19. The maximum atomic E-state index is 13.1. The molecule has 0 atom stereocenters. The van der Waals surface area contributed by atoms with Gasteiger partial charge >= 0.3 is 0 Å². The van der Waals surface area contributed by atoms with Gasteiger partial charge in [-0.2, -0.15) is 5.10 Å². The molecular weight excluding hydrogens is 344 g/mol. The van der Waals surface area contributed by atoms with Crippen molar-refractivity contribution in [3.63, 3.8) is 0 Å². The molecule has 0 spiro atoms. The number of nitrogens with zero attached hydrogens (tertiary/aromatic N) is 2. The maximum Gasteiger partial charge on any atom is 0.235 e. The number of nitrogens with one attached hydrogen (secondary N) is 1. The van der Waals surface area contributed by atoms with Crippen LogP contribution in [0.4, 0.5) is 14.6 Å². The highest BCUT2D eigenvalue weighted by Crippen LogP contribution is 2.20. The highest BCUT2D eigenvalue weighted by Gasteiger charge is 2.11. The molecule has 0 aliphatic carbocycles. The van der Waals surface area contributed by atoms with Crippen molar-refractivity contribution in [3.05, 3.63) is 71.9 Å². The second kappa shape index (κ2) is 7.48. The first-order valence-corrected chi connectivity index (χ1v) is 8.50. The summed E-state index contributed by atoms with van der Waals surface area (Å²) in [4.78, 5) is 13.0. The lowest BCUT2D eigenvalue weighted by Gasteiger charge is -2.09. The number of hydrogen-bond acceptors (Lipinski definition) is 3. The number of hydrogen-bond donors (Lipinski definition) is 1. The van der Waals surface area contributed by atoms with E-state index in [2.05, 4.69) is 10.4 Å². The zero-order valence-electron chi connectivity index (χ0n) is 13.4. The van der Waals surface area contributed by atoms with Crippen molar-refractivity contribution < 1.29 is 13.6 Å². The number of aromatic nitrogens is 2. The fourth-order valence-corrected chi connectivity index (χ4v) is 2.92. The molecule has 0 fully saturated rings. The average molecular weight is 359 g/mol. The van der Waals surface area contributed by atoms with E-state index in [0.717, 1.165) is 10.6 Å². The Hall–Kier alpha value is -2.67. The summed E-state index contributed by atoms with van der Waals surface area (Å²) in [6.45, 7) is 1.81. The van der Waals surface area contributed by atoms with Crippen LogP contribution in [0.5, 0.6) is 0 Å². The van der Waals surface area contributed by atoms with Crippen molar-refractivity contribution in [3.8, 4) is 5.69 Å². The molecule has 0 radical (unpaired) electrons. The number of anilines is 1. The summed E-state index contributed by atoms with van der Waals surface area (Å²) in [7, 11) is 0. The number of halogens is 2. The van der Waals surface area contributed by atoms with Gasteiger partial charge in [0.15, 0.2) is 0 Å². The van der Waals surface area contributed by atoms with Crippen molar-refractivity contribution in [2.45, 2.75) is 11.8 Å². The van der Waals surface area contributed by atoms with Crippen LogP contribution in [0.25, 0.3) is 5.69 Å². The minimum absolute atomic E-state index is 0.180. The zero-order valence-corrected chi connectivity index (χ0v) is 14.2. The van der Waals surface area contributed by atoms with E-state index in [1.807, 2.05) is 6.92 Å². The molecule has 0 unspecified atom stereocenters. The lowest BCUT2D eigenvalue weighted by molar-refractivity contribution is -0.113. The summed E-state index contributed by atoms with van der Waals surface area (Å²) in [5, 5.41) is 7.12. The number of benzene rings is 2. The van der Waals surface area contributed by atoms with Gasteiger partial charge in [0.25, 0.3) is 0 Å². The molecule has 0 saturated carbocycles. The third-order valence-corrected chi connectivity index (χ3v) is 4.37. The summed E-state index contributed by atoms with van der Waals surface area (Å²) in [5.74, 6) is -0.174. The first kappa shape index (κ1) is 17.2. The monoisotopic (exact) mass is 359 g/mol. The summed E-state index contributed by atoms with van der Waals surface area (Å²) in [6, 6.07) is 13.5. The number of thioether (sulfide) groups is 1. The van der Waals surface area contributed by atoms with Gasteiger partial charge in [0.1, 0.15) is 17.5 Å². The molecule has 1 N–H and O–H groups in total. The van der Waals surface area contributed by atoms with E-state index >= 15 is 0 Å². The third kappa shape index (κ3) is 4.45. The van der Waals surface area contributed by atoms with Gasteiger partial charge in [-0.25, -0.2) is 13.5 Å². The van der Waals surface area contributed by atoms with Crippen LogP contribution in [0.15, 0.2) is 59.5 Å². The number of aryl methyl sites for hydroxylation is 1. The molecule has 0 bridgehead atoms. The van der Waals surface area contributed by atoms with E-state index < -0.39 is 0 Å². The Balaban J connectivity index is 1.69. The Morgan fingerprint density at radius 3 is 2.32 bits per heavy atom. The smallest absolute Gasteiger partial charge is 0.235 e. The fraction of sp³-hybridized carbons (Fsp3) is 0.111.